The topological polar surface area (TPSA) is 28.7 Å². The Hall–Kier alpha value is -15.6. The van der Waals surface area contributed by atoms with Crippen LogP contribution in [0.5, 0.6) is 11.5 Å². The standard InChI is InChI=1S/C44H46N2Si.C43H36F6N2.C38H32N2O/c1-31-9-13-36(14-10-31)37-15-17-39(18-16-37)46(44-28-12-33(3)30-35(44)5)40-21-25-42(26-22-40)47(7,8)41-23-19-38(20-24-41)45(6)43-27-11-32(2)29-34(43)4;1-29-11-13-32(14-12-29)33-15-21-37(22-16-33)51(40-10-6-8-31(3)28-40)38-25-19-35(20-26-38)41(42(44,45)46,43(47,48)49)34-17-23-36(24-18-34)50(4)39-9-5-7-30(2)27-39;1-29-13-15-30(16-14-29)31-17-19-35(20-18-31)40(34-11-7-4-8-12-34)36-23-27-38(28-24-36)41-37-25-21-33(22-26-37)39(2)32-9-5-3-6-10-32/h9-30H,1-8H3;5-28H,1-4H3;3-28H,1-2H3. The molecule has 0 saturated heterocycles. The summed E-state index contributed by atoms with van der Waals surface area (Å²) in [4.78, 5) is 12.6. The molecule has 0 radical (unpaired) electrons. The van der Waals surface area contributed by atoms with E-state index in [1.807, 2.05) is 171 Å². The van der Waals surface area contributed by atoms with Gasteiger partial charge in [0.1, 0.15) is 19.6 Å². The number of aryl methyl sites for hydroxylation is 9. The molecule has 696 valence electrons. The molecule has 139 heavy (non-hydrogen) atoms. The molecule has 0 aliphatic rings. The van der Waals surface area contributed by atoms with Gasteiger partial charge in [-0.25, -0.2) is 0 Å². The molecule has 0 heterocycles. The molecule has 18 aromatic rings. The summed E-state index contributed by atoms with van der Waals surface area (Å²) in [6.45, 7) is 23.7. The van der Waals surface area contributed by atoms with Crippen molar-refractivity contribution in [1.29, 1.82) is 0 Å². The lowest BCUT2D eigenvalue weighted by Crippen LogP contribution is -2.54. The van der Waals surface area contributed by atoms with Crippen molar-refractivity contribution >= 4 is 104 Å². The molecule has 0 spiro atoms. The van der Waals surface area contributed by atoms with Crippen LogP contribution in [0.4, 0.5) is 112 Å². The van der Waals surface area contributed by atoms with Gasteiger partial charge in [-0.05, 0) is 323 Å². The Bertz CT molecular complexity index is 7140. The van der Waals surface area contributed by atoms with Crippen LogP contribution in [0.25, 0.3) is 33.4 Å². The maximum Gasteiger partial charge on any atom is 0.411 e. The summed E-state index contributed by atoms with van der Waals surface area (Å²) in [6, 6.07) is 144. The molecule has 0 aliphatic carbocycles. The Balaban J connectivity index is 0.000000151. The lowest BCUT2D eigenvalue weighted by molar-refractivity contribution is -0.288. The van der Waals surface area contributed by atoms with Crippen molar-refractivity contribution in [3.63, 3.8) is 0 Å². The Morgan fingerprint density at radius 2 is 0.460 bits per heavy atom. The molecule has 0 aliphatic heterocycles. The van der Waals surface area contributed by atoms with E-state index in [0.29, 0.717) is 22.7 Å². The summed E-state index contributed by atoms with van der Waals surface area (Å²) in [5.41, 5.74) is 25.9. The predicted molar refractivity (Wildman–Crippen MR) is 575 cm³/mol. The van der Waals surface area contributed by atoms with E-state index >= 15 is 26.3 Å². The fourth-order valence-corrected chi connectivity index (χ4v) is 20.4. The number of nitrogens with zero attached hydrogens (tertiary/aromatic N) is 6. The Kier molecular flexibility index (Phi) is 29.1. The molecule has 0 bridgehead atoms. The number of anilines is 15. The number of ether oxygens (including phenoxy) is 1. The third kappa shape index (κ3) is 21.9. The number of halogens is 6. The summed E-state index contributed by atoms with van der Waals surface area (Å²) >= 11 is 0. The molecule has 0 atom stereocenters. The SMILES string of the molecule is Cc1ccc(-c2ccc(N(c3ccc(C(c4ccc(N(C)c5cccc(C)c5)cc4)(C(F)(F)F)C(F)(F)F)cc3)c3cccc(C)c3)cc2)cc1.Cc1ccc(-c2ccc(N(c3ccc([Si](C)(C)c4ccc(N(C)c5ccc(C)cc5C)cc4)cc3)c3ccc(C)cc3C)cc2)cc1.Cc1ccc(-c2ccc(N(c3ccccc3)c3ccc(Oc4ccc(N(C)c5ccccc5)cc4)cc3)cc2)cc1. The third-order valence-electron chi connectivity index (χ3n) is 26.1. The molecule has 18 rings (SSSR count). The Morgan fingerprint density at radius 3 is 0.835 bits per heavy atom. The molecule has 0 fully saturated rings. The highest BCUT2D eigenvalue weighted by atomic mass is 28.3. The van der Waals surface area contributed by atoms with Crippen molar-refractivity contribution in [1.82, 2.24) is 0 Å². The van der Waals surface area contributed by atoms with Gasteiger partial charge in [0, 0.05) is 106 Å². The number of para-hydroxylation sites is 2. The van der Waals surface area contributed by atoms with Gasteiger partial charge in [-0.2, -0.15) is 26.3 Å². The molecule has 0 aromatic heterocycles. The van der Waals surface area contributed by atoms with E-state index in [4.69, 9.17) is 4.74 Å². The quantitative estimate of drug-likeness (QED) is 0.0440. The van der Waals surface area contributed by atoms with E-state index in [2.05, 4.69) is 331 Å². The minimum atomic E-state index is -5.71. The monoisotopic (exact) mass is 1860 g/mol. The summed E-state index contributed by atoms with van der Waals surface area (Å²) < 4.78 is 96.8. The van der Waals surface area contributed by atoms with Crippen molar-refractivity contribution in [2.75, 3.05) is 50.5 Å². The van der Waals surface area contributed by atoms with E-state index in [1.165, 1.54) is 113 Å². The number of hydrogen-bond donors (Lipinski definition) is 0. The first-order valence-corrected chi connectivity index (χ1v) is 49.8. The highest BCUT2D eigenvalue weighted by Crippen LogP contribution is 2.57. The zero-order chi connectivity index (χ0) is 97.9. The van der Waals surface area contributed by atoms with Crippen LogP contribution in [0, 0.1) is 62.3 Å². The van der Waals surface area contributed by atoms with Gasteiger partial charge in [-0.15, -0.1) is 0 Å². The van der Waals surface area contributed by atoms with Gasteiger partial charge in [0.25, 0.3) is 0 Å². The van der Waals surface area contributed by atoms with Gasteiger partial charge in [0.05, 0.1) is 0 Å². The molecule has 18 aromatic carbocycles. The van der Waals surface area contributed by atoms with E-state index in [-0.39, 0.29) is 0 Å². The molecule has 0 amide bonds. The minimum absolute atomic E-state index is 0.404. The first-order valence-electron chi connectivity index (χ1n) is 46.8. The Morgan fingerprint density at radius 1 is 0.209 bits per heavy atom. The second-order valence-corrected chi connectivity index (χ2v) is 40.9. The van der Waals surface area contributed by atoms with Crippen LogP contribution < -0.4 is 44.5 Å². The number of benzene rings is 18. The first-order chi connectivity index (χ1) is 66.8. The predicted octanol–water partition coefficient (Wildman–Crippen LogP) is 34.6. The number of hydrogen-bond acceptors (Lipinski definition) is 7. The van der Waals surface area contributed by atoms with Gasteiger partial charge in [-0.3, -0.25) is 0 Å². The lowest BCUT2D eigenvalue weighted by atomic mass is 9.72. The van der Waals surface area contributed by atoms with Crippen LogP contribution in [0.15, 0.2) is 437 Å². The third-order valence-corrected chi connectivity index (χ3v) is 29.7. The Labute approximate surface area is 816 Å². The van der Waals surface area contributed by atoms with E-state index < -0.39 is 37.0 Å². The van der Waals surface area contributed by atoms with Gasteiger partial charge in [0.2, 0.25) is 5.41 Å². The molecule has 0 saturated carbocycles. The second-order valence-electron chi connectivity index (χ2n) is 36.5. The normalized spacial score (nSPS) is 11.5. The molecule has 0 N–H and O–H groups in total. The van der Waals surface area contributed by atoms with Crippen molar-refractivity contribution < 1.29 is 31.1 Å². The van der Waals surface area contributed by atoms with Crippen LogP contribution in [0.1, 0.15) is 61.2 Å². The van der Waals surface area contributed by atoms with Crippen LogP contribution in [-0.4, -0.2) is 41.6 Å². The van der Waals surface area contributed by atoms with E-state index in [0.717, 1.165) is 103 Å². The second kappa shape index (κ2) is 41.9. The van der Waals surface area contributed by atoms with E-state index in [1.54, 1.807) is 11.9 Å². The van der Waals surface area contributed by atoms with Crippen LogP contribution in [0.2, 0.25) is 13.1 Å². The highest BCUT2D eigenvalue weighted by Gasteiger charge is 2.72. The van der Waals surface area contributed by atoms with Crippen molar-refractivity contribution in [3.8, 4) is 44.9 Å². The molecular weight excluding hydrogens is 1740 g/mol. The maximum absolute atomic E-state index is 15.1. The molecule has 0 unspecified atom stereocenters. The summed E-state index contributed by atoms with van der Waals surface area (Å²) in [7, 11) is 4.00. The van der Waals surface area contributed by atoms with Crippen molar-refractivity contribution in [2.24, 2.45) is 0 Å². The smallest absolute Gasteiger partial charge is 0.411 e. The average Bonchev–Trinajstić information content (AvgIpc) is 0.703. The molecule has 7 nitrogen and oxygen atoms in total. The van der Waals surface area contributed by atoms with E-state index in [9.17, 15) is 0 Å². The van der Waals surface area contributed by atoms with Gasteiger partial charge in [-0.1, -0.05) is 294 Å². The average molecular weight is 1860 g/mol. The van der Waals surface area contributed by atoms with Gasteiger partial charge >= 0.3 is 12.4 Å². The fourth-order valence-electron chi connectivity index (χ4n) is 18.1. The molecule has 14 heteroatoms. The number of alkyl halides is 6. The van der Waals surface area contributed by atoms with Crippen molar-refractivity contribution in [2.45, 2.75) is 93.2 Å². The van der Waals surface area contributed by atoms with Crippen LogP contribution in [-0.2, 0) is 5.41 Å². The van der Waals surface area contributed by atoms with Crippen LogP contribution >= 0.6 is 0 Å². The molecular formula is C125H114F6N6OSi. The zero-order valence-electron chi connectivity index (χ0n) is 80.9. The summed E-state index contributed by atoms with van der Waals surface area (Å²) in [6.07, 6.45) is -11.4. The maximum atomic E-state index is 15.1. The van der Waals surface area contributed by atoms with Crippen LogP contribution in [0.3, 0.4) is 0 Å². The first kappa shape index (κ1) is 96.5. The zero-order valence-corrected chi connectivity index (χ0v) is 81.9. The highest BCUT2D eigenvalue weighted by molar-refractivity contribution is 7.00. The van der Waals surface area contributed by atoms with Crippen molar-refractivity contribution in [3.05, 3.63) is 498 Å². The summed E-state index contributed by atoms with van der Waals surface area (Å²) in [5, 5.41) is 2.85. The lowest BCUT2D eigenvalue weighted by Gasteiger charge is -2.38. The summed E-state index contributed by atoms with van der Waals surface area (Å²) in [5.74, 6) is 1.59. The van der Waals surface area contributed by atoms with Gasteiger partial charge < -0.3 is 34.1 Å². The minimum Gasteiger partial charge on any atom is -0.457 e. The fraction of sp³-hybridized carbons (Fsp3) is 0.136. The number of rotatable bonds is 24. The largest absolute Gasteiger partial charge is 0.457 e. The van der Waals surface area contributed by atoms with Gasteiger partial charge in [0.15, 0.2) is 0 Å².